The van der Waals surface area contributed by atoms with Gasteiger partial charge in [0, 0.05) is 19.2 Å². The lowest BCUT2D eigenvalue weighted by Crippen LogP contribution is -2.24. The van der Waals surface area contributed by atoms with Gasteiger partial charge in [0.25, 0.3) is 0 Å². The van der Waals surface area contributed by atoms with Gasteiger partial charge in [0.15, 0.2) is 0 Å². The average Bonchev–Trinajstić information content (AvgIpc) is 3.34. The van der Waals surface area contributed by atoms with Crippen LogP contribution in [0.2, 0.25) is 5.15 Å². The van der Waals surface area contributed by atoms with E-state index in [0.717, 1.165) is 59.4 Å². The van der Waals surface area contributed by atoms with Gasteiger partial charge in [-0.15, -0.1) is 11.3 Å². The van der Waals surface area contributed by atoms with Crippen molar-refractivity contribution in [1.29, 1.82) is 0 Å². The Morgan fingerprint density at radius 3 is 2.74 bits per heavy atom. The normalized spacial score (nSPS) is 21.0. The fraction of sp³-hybridized carbons (Fsp3) is 0.522. The second-order valence-corrected chi connectivity index (χ2v) is 9.82. The van der Waals surface area contributed by atoms with E-state index in [9.17, 15) is 5.11 Å². The summed E-state index contributed by atoms with van der Waals surface area (Å²) in [6.45, 7) is 5.44. The summed E-state index contributed by atoms with van der Waals surface area (Å²) in [5, 5.41) is 17.8. The number of anilines is 2. The fourth-order valence-corrected chi connectivity index (χ4v) is 5.59. The number of thiazole rings is 1. The summed E-state index contributed by atoms with van der Waals surface area (Å²) < 4.78 is 1.11. The molecule has 0 unspecified atom stereocenters. The lowest BCUT2D eigenvalue weighted by molar-refractivity contribution is 0.226. The molecule has 3 atom stereocenters. The number of para-hydroxylation sites is 1. The van der Waals surface area contributed by atoms with E-state index >= 15 is 0 Å². The molecule has 31 heavy (non-hydrogen) atoms. The van der Waals surface area contributed by atoms with Gasteiger partial charge in [-0.05, 0) is 43.2 Å². The van der Waals surface area contributed by atoms with Crippen molar-refractivity contribution in [2.24, 2.45) is 11.8 Å². The first-order chi connectivity index (χ1) is 15.1. The molecule has 0 aliphatic heterocycles. The van der Waals surface area contributed by atoms with Crippen LogP contribution in [0.4, 0.5) is 11.8 Å². The van der Waals surface area contributed by atoms with Crippen LogP contribution in [0, 0.1) is 11.8 Å². The van der Waals surface area contributed by atoms with Gasteiger partial charge in [-0.25, -0.2) is 9.97 Å². The summed E-state index contributed by atoms with van der Waals surface area (Å²) in [4.78, 5) is 14.1. The van der Waals surface area contributed by atoms with E-state index in [0.29, 0.717) is 28.8 Å². The number of benzene rings is 1. The van der Waals surface area contributed by atoms with Gasteiger partial charge in [-0.3, -0.25) is 0 Å². The van der Waals surface area contributed by atoms with Crippen molar-refractivity contribution in [3.63, 3.8) is 0 Å². The predicted octanol–water partition coefficient (Wildman–Crippen LogP) is 5.83. The highest BCUT2D eigenvalue weighted by atomic mass is 35.5. The molecule has 0 bridgehead atoms. The van der Waals surface area contributed by atoms with Crippen molar-refractivity contribution in [3.05, 3.63) is 29.4 Å². The van der Waals surface area contributed by atoms with Crippen molar-refractivity contribution in [1.82, 2.24) is 15.0 Å². The van der Waals surface area contributed by atoms with Crippen LogP contribution in [-0.2, 0) is 0 Å². The molecule has 3 aromatic rings. The van der Waals surface area contributed by atoms with Crippen molar-refractivity contribution in [3.8, 4) is 10.6 Å². The standard InChI is InChI=1S/C23H30ClN5OS/c1-3-4-7-10-25-23-28-20(24)19(22-27-16-8-5-6-9-18(16)31-22)21(29-23)26-17-12-15(13-30)11-14(17)2/h5-6,8-9,14-15,17,30H,3-4,7,10-13H2,1-2H3,(H2,25,26,28,29)/t14-,15-,17-/m1/s1. The maximum Gasteiger partial charge on any atom is 0.226 e. The van der Waals surface area contributed by atoms with Crippen molar-refractivity contribution < 1.29 is 5.11 Å². The summed E-state index contributed by atoms with van der Waals surface area (Å²) in [6.07, 6.45) is 5.32. The highest BCUT2D eigenvalue weighted by molar-refractivity contribution is 7.21. The Bertz CT molecular complexity index is 993. The third kappa shape index (κ3) is 5.10. The number of hydrogen-bond donors (Lipinski definition) is 3. The first kappa shape index (κ1) is 22.2. The van der Waals surface area contributed by atoms with Crippen LogP contribution < -0.4 is 10.6 Å². The third-order valence-electron chi connectivity index (χ3n) is 6.00. The second kappa shape index (κ2) is 10.1. The van der Waals surface area contributed by atoms with E-state index in [2.05, 4.69) is 35.5 Å². The molecule has 1 fully saturated rings. The second-order valence-electron chi connectivity index (χ2n) is 8.43. The number of nitrogens with zero attached hydrogens (tertiary/aromatic N) is 3. The number of rotatable bonds is 9. The number of halogens is 1. The van der Waals surface area contributed by atoms with Gasteiger partial charge in [-0.1, -0.05) is 50.4 Å². The Morgan fingerprint density at radius 1 is 1.16 bits per heavy atom. The zero-order valence-corrected chi connectivity index (χ0v) is 19.6. The Balaban J connectivity index is 1.68. The number of aromatic nitrogens is 3. The molecule has 1 aliphatic rings. The predicted molar refractivity (Wildman–Crippen MR) is 130 cm³/mol. The van der Waals surface area contributed by atoms with Gasteiger partial charge >= 0.3 is 0 Å². The number of nitrogens with one attached hydrogen (secondary N) is 2. The Labute approximate surface area is 192 Å². The number of aliphatic hydroxyl groups is 1. The molecule has 2 heterocycles. The molecule has 1 saturated carbocycles. The SMILES string of the molecule is CCCCCNc1nc(Cl)c(-c2nc3ccccc3s2)c(N[C@@H]2C[C@H](CO)C[C@H]2C)n1. The molecule has 0 saturated heterocycles. The molecule has 8 heteroatoms. The van der Waals surface area contributed by atoms with Gasteiger partial charge in [0.1, 0.15) is 16.0 Å². The molecular formula is C23H30ClN5OS. The van der Waals surface area contributed by atoms with Crippen molar-refractivity contribution in [2.45, 2.75) is 52.0 Å². The first-order valence-corrected chi connectivity index (χ1v) is 12.3. The van der Waals surface area contributed by atoms with Crippen LogP contribution in [0.5, 0.6) is 0 Å². The Hall–Kier alpha value is -1.96. The molecule has 0 radical (unpaired) electrons. The monoisotopic (exact) mass is 459 g/mol. The van der Waals surface area contributed by atoms with E-state index < -0.39 is 0 Å². The van der Waals surface area contributed by atoms with E-state index in [1.54, 1.807) is 11.3 Å². The van der Waals surface area contributed by atoms with Gasteiger partial charge in [0.05, 0.1) is 15.8 Å². The molecule has 3 N–H and O–H groups in total. The van der Waals surface area contributed by atoms with Crippen LogP contribution in [0.25, 0.3) is 20.8 Å². The summed E-state index contributed by atoms with van der Waals surface area (Å²) in [7, 11) is 0. The van der Waals surface area contributed by atoms with E-state index in [1.165, 1.54) is 0 Å². The summed E-state index contributed by atoms with van der Waals surface area (Å²) in [5.74, 6) is 2.02. The largest absolute Gasteiger partial charge is 0.396 e. The van der Waals surface area contributed by atoms with Crippen molar-refractivity contribution >= 4 is 44.9 Å². The van der Waals surface area contributed by atoms with Gasteiger partial charge in [-0.2, -0.15) is 4.98 Å². The Kier molecular flexibility index (Phi) is 7.25. The number of unbranched alkanes of at least 4 members (excludes halogenated alkanes) is 2. The first-order valence-electron chi connectivity index (χ1n) is 11.1. The number of fused-ring (bicyclic) bond motifs is 1. The molecule has 0 amide bonds. The zero-order chi connectivity index (χ0) is 21.8. The number of hydrogen-bond acceptors (Lipinski definition) is 7. The van der Waals surface area contributed by atoms with E-state index in [1.807, 2.05) is 18.2 Å². The van der Waals surface area contributed by atoms with Crippen LogP contribution in [0.15, 0.2) is 24.3 Å². The van der Waals surface area contributed by atoms with Crippen LogP contribution in [-0.4, -0.2) is 39.3 Å². The quantitative estimate of drug-likeness (QED) is 0.276. The highest BCUT2D eigenvalue weighted by Crippen LogP contribution is 2.40. The number of aliphatic hydroxyl groups excluding tert-OH is 1. The minimum Gasteiger partial charge on any atom is -0.396 e. The molecule has 0 spiro atoms. The fourth-order valence-electron chi connectivity index (χ4n) is 4.26. The van der Waals surface area contributed by atoms with Crippen LogP contribution >= 0.6 is 22.9 Å². The molecule has 2 aromatic heterocycles. The van der Waals surface area contributed by atoms with E-state index in [4.69, 9.17) is 21.6 Å². The van der Waals surface area contributed by atoms with Gasteiger partial charge in [0.2, 0.25) is 5.95 Å². The maximum absolute atomic E-state index is 9.62. The lowest BCUT2D eigenvalue weighted by Gasteiger charge is -2.20. The molecule has 1 aliphatic carbocycles. The summed E-state index contributed by atoms with van der Waals surface area (Å²) in [5.41, 5.74) is 1.70. The van der Waals surface area contributed by atoms with Crippen LogP contribution in [0.1, 0.15) is 46.0 Å². The van der Waals surface area contributed by atoms with Crippen LogP contribution in [0.3, 0.4) is 0 Å². The minimum atomic E-state index is 0.224. The third-order valence-corrected chi connectivity index (χ3v) is 7.32. The maximum atomic E-state index is 9.62. The summed E-state index contributed by atoms with van der Waals surface area (Å²) in [6, 6.07) is 8.30. The Morgan fingerprint density at radius 2 is 2.00 bits per heavy atom. The topological polar surface area (TPSA) is 83.0 Å². The highest BCUT2D eigenvalue weighted by Gasteiger charge is 2.32. The molecular weight excluding hydrogens is 430 g/mol. The average molecular weight is 460 g/mol. The molecule has 6 nitrogen and oxygen atoms in total. The smallest absolute Gasteiger partial charge is 0.226 e. The summed E-state index contributed by atoms with van der Waals surface area (Å²) >= 11 is 8.31. The zero-order valence-electron chi connectivity index (χ0n) is 18.1. The molecule has 4 rings (SSSR count). The van der Waals surface area contributed by atoms with Crippen molar-refractivity contribution in [2.75, 3.05) is 23.8 Å². The molecule has 166 valence electrons. The van der Waals surface area contributed by atoms with Gasteiger partial charge < -0.3 is 15.7 Å². The molecule has 1 aromatic carbocycles. The van der Waals surface area contributed by atoms with E-state index in [-0.39, 0.29) is 12.6 Å². The lowest BCUT2D eigenvalue weighted by atomic mass is 10.1. The minimum absolute atomic E-state index is 0.224.